The molecule has 122 valence electrons. The van der Waals surface area contributed by atoms with Crippen LogP contribution in [0.4, 0.5) is 0 Å². The van der Waals surface area contributed by atoms with Gasteiger partial charge >= 0.3 is 0 Å². The summed E-state index contributed by atoms with van der Waals surface area (Å²) in [5, 5.41) is 3.02. The largest absolute Gasteiger partial charge is 0.497 e. The number of methoxy groups -OCH3 is 2. The molecule has 2 aromatic carbocycles. The Labute approximate surface area is 150 Å². The van der Waals surface area contributed by atoms with Gasteiger partial charge in [0.2, 0.25) is 0 Å². The first-order valence-electron chi connectivity index (χ1n) is 7.25. The van der Waals surface area contributed by atoms with E-state index in [1.807, 2.05) is 50.2 Å². The number of ether oxygens (including phenoxy) is 2. The van der Waals surface area contributed by atoms with E-state index in [-0.39, 0.29) is 11.9 Å². The van der Waals surface area contributed by atoms with Gasteiger partial charge in [-0.15, -0.1) is 0 Å². The molecule has 0 saturated carbocycles. The summed E-state index contributed by atoms with van der Waals surface area (Å²) >= 11 is 2.18. The maximum Gasteiger partial charge on any atom is 0.252 e. The van der Waals surface area contributed by atoms with Crippen molar-refractivity contribution in [3.05, 3.63) is 56.7 Å². The van der Waals surface area contributed by atoms with Crippen molar-refractivity contribution < 1.29 is 14.3 Å². The van der Waals surface area contributed by atoms with Gasteiger partial charge in [-0.3, -0.25) is 4.79 Å². The standard InChI is InChI=1S/C18H20INO3/c1-11-5-7-14(16(19)9-11)18(21)20-12(2)15-10-13(22-3)6-8-17(15)23-4/h5-10,12H,1-4H3,(H,20,21). The Morgan fingerprint density at radius 2 is 1.87 bits per heavy atom. The van der Waals surface area contributed by atoms with E-state index in [9.17, 15) is 4.79 Å². The average molecular weight is 425 g/mol. The minimum Gasteiger partial charge on any atom is -0.497 e. The lowest BCUT2D eigenvalue weighted by Crippen LogP contribution is -2.27. The lowest BCUT2D eigenvalue weighted by Gasteiger charge is -2.18. The number of amides is 1. The van der Waals surface area contributed by atoms with Gasteiger partial charge in [0.15, 0.2) is 0 Å². The number of halogens is 1. The third kappa shape index (κ3) is 4.16. The molecular formula is C18H20INO3. The van der Waals surface area contributed by atoms with E-state index >= 15 is 0 Å². The first kappa shape index (κ1) is 17.6. The summed E-state index contributed by atoms with van der Waals surface area (Å²) in [6.07, 6.45) is 0. The molecule has 0 saturated heterocycles. The molecule has 1 amide bonds. The van der Waals surface area contributed by atoms with E-state index in [0.717, 1.165) is 26.2 Å². The van der Waals surface area contributed by atoms with E-state index in [4.69, 9.17) is 9.47 Å². The van der Waals surface area contributed by atoms with Crippen molar-refractivity contribution in [2.24, 2.45) is 0 Å². The van der Waals surface area contributed by atoms with Crippen LogP contribution in [0, 0.1) is 10.5 Å². The van der Waals surface area contributed by atoms with Crippen molar-refractivity contribution in [2.75, 3.05) is 14.2 Å². The Balaban J connectivity index is 2.24. The fourth-order valence-electron chi connectivity index (χ4n) is 2.33. The van der Waals surface area contributed by atoms with Crippen molar-refractivity contribution in [1.29, 1.82) is 0 Å². The van der Waals surface area contributed by atoms with Crippen LogP contribution in [-0.2, 0) is 0 Å². The van der Waals surface area contributed by atoms with E-state index < -0.39 is 0 Å². The fourth-order valence-corrected chi connectivity index (χ4v) is 3.25. The maximum atomic E-state index is 12.5. The summed E-state index contributed by atoms with van der Waals surface area (Å²) in [6.45, 7) is 3.93. The Morgan fingerprint density at radius 3 is 2.48 bits per heavy atom. The van der Waals surface area contributed by atoms with Crippen LogP contribution in [-0.4, -0.2) is 20.1 Å². The van der Waals surface area contributed by atoms with Gasteiger partial charge in [0.1, 0.15) is 11.5 Å². The predicted octanol–water partition coefficient (Wildman–Crippen LogP) is 4.11. The highest BCUT2D eigenvalue weighted by atomic mass is 127. The first-order valence-corrected chi connectivity index (χ1v) is 8.33. The van der Waals surface area contributed by atoms with Crippen LogP contribution in [0.1, 0.15) is 34.5 Å². The number of rotatable bonds is 5. The van der Waals surface area contributed by atoms with Gasteiger partial charge in [-0.25, -0.2) is 0 Å². The molecule has 23 heavy (non-hydrogen) atoms. The fraction of sp³-hybridized carbons (Fsp3) is 0.278. The number of carbonyl (C=O) groups excluding carboxylic acids is 1. The highest BCUT2D eigenvalue weighted by molar-refractivity contribution is 14.1. The van der Waals surface area contributed by atoms with Crippen LogP contribution < -0.4 is 14.8 Å². The van der Waals surface area contributed by atoms with Gasteiger partial charge in [0.25, 0.3) is 5.91 Å². The molecule has 0 aliphatic carbocycles. The molecule has 4 nitrogen and oxygen atoms in total. The van der Waals surface area contributed by atoms with Crippen molar-refractivity contribution in [3.8, 4) is 11.5 Å². The average Bonchev–Trinajstić information content (AvgIpc) is 2.53. The molecule has 0 aromatic heterocycles. The molecule has 0 heterocycles. The molecule has 0 spiro atoms. The number of hydrogen-bond acceptors (Lipinski definition) is 3. The second kappa shape index (κ2) is 7.68. The van der Waals surface area contributed by atoms with E-state index in [2.05, 4.69) is 27.9 Å². The Hall–Kier alpha value is -1.76. The molecule has 0 aliphatic heterocycles. The summed E-state index contributed by atoms with van der Waals surface area (Å²) in [4.78, 5) is 12.5. The van der Waals surface area contributed by atoms with E-state index in [0.29, 0.717) is 5.56 Å². The van der Waals surface area contributed by atoms with Gasteiger partial charge in [-0.1, -0.05) is 11.6 Å². The zero-order valence-corrected chi connectivity index (χ0v) is 15.8. The lowest BCUT2D eigenvalue weighted by atomic mass is 10.1. The Bertz CT molecular complexity index is 715. The molecule has 0 fully saturated rings. The highest BCUT2D eigenvalue weighted by Crippen LogP contribution is 2.29. The number of hydrogen-bond donors (Lipinski definition) is 1. The van der Waals surface area contributed by atoms with Crippen LogP contribution >= 0.6 is 22.6 Å². The molecule has 2 aromatic rings. The predicted molar refractivity (Wildman–Crippen MR) is 99.3 cm³/mol. The van der Waals surface area contributed by atoms with Crippen molar-refractivity contribution in [3.63, 3.8) is 0 Å². The number of carbonyl (C=O) groups is 1. The summed E-state index contributed by atoms with van der Waals surface area (Å²) in [7, 11) is 3.23. The molecule has 0 bridgehead atoms. The first-order chi connectivity index (χ1) is 11.0. The van der Waals surface area contributed by atoms with Crippen molar-refractivity contribution in [1.82, 2.24) is 5.32 Å². The van der Waals surface area contributed by atoms with E-state index in [1.165, 1.54) is 0 Å². The van der Waals surface area contributed by atoms with Gasteiger partial charge in [0.05, 0.1) is 25.8 Å². The Kier molecular flexibility index (Phi) is 5.87. The van der Waals surface area contributed by atoms with E-state index in [1.54, 1.807) is 14.2 Å². The van der Waals surface area contributed by atoms with Crippen LogP contribution in [0.3, 0.4) is 0 Å². The van der Waals surface area contributed by atoms with Crippen LogP contribution in [0.25, 0.3) is 0 Å². The normalized spacial score (nSPS) is 11.7. The van der Waals surface area contributed by atoms with Crippen molar-refractivity contribution >= 4 is 28.5 Å². The van der Waals surface area contributed by atoms with Gasteiger partial charge in [0, 0.05) is 9.13 Å². The van der Waals surface area contributed by atoms with Crippen LogP contribution in [0.2, 0.25) is 0 Å². The molecule has 2 rings (SSSR count). The molecule has 0 radical (unpaired) electrons. The van der Waals surface area contributed by atoms with Crippen molar-refractivity contribution in [2.45, 2.75) is 19.9 Å². The number of aryl methyl sites for hydroxylation is 1. The maximum absolute atomic E-state index is 12.5. The molecule has 0 aliphatic rings. The minimum absolute atomic E-state index is 0.105. The van der Waals surface area contributed by atoms with Gasteiger partial charge < -0.3 is 14.8 Å². The van der Waals surface area contributed by atoms with Gasteiger partial charge in [-0.2, -0.15) is 0 Å². The number of benzene rings is 2. The molecule has 5 heteroatoms. The summed E-state index contributed by atoms with van der Waals surface area (Å²) in [6, 6.07) is 11.1. The summed E-state index contributed by atoms with van der Waals surface area (Å²) in [5.74, 6) is 1.34. The summed E-state index contributed by atoms with van der Waals surface area (Å²) in [5.41, 5.74) is 2.68. The van der Waals surface area contributed by atoms with Crippen LogP contribution in [0.5, 0.6) is 11.5 Å². The smallest absolute Gasteiger partial charge is 0.252 e. The zero-order chi connectivity index (χ0) is 17.0. The second-order valence-electron chi connectivity index (χ2n) is 5.29. The molecule has 1 atom stereocenters. The number of nitrogens with one attached hydrogen (secondary N) is 1. The SMILES string of the molecule is COc1ccc(OC)c(C(C)NC(=O)c2ccc(C)cc2I)c1. The third-order valence-corrected chi connectivity index (χ3v) is 4.51. The third-order valence-electron chi connectivity index (χ3n) is 3.62. The zero-order valence-electron chi connectivity index (χ0n) is 13.6. The highest BCUT2D eigenvalue weighted by Gasteiger charge is 2.17. The minimum atomic E-state index is -0.204. The topological polar surface area (TPSA) is 47.6 Å². The van der Waals surface area contributed by atoms with Gasteiger partial charge in [-0.05, 0) is 66.8 Å². The lowest BCUT2D eigenvalue weighted by molar-refractivity contribution is 0.0938. The molecule has 1 unspecified atom stereocenters. The molecular weight excluding hydrogens is 405 g/mol. The Morgan fingerprint density at radius 1 is 1.13 bits per heavy atom. The summed E-state index contributed by atoms with van der Waals surface area (Å²) < 4.78 is 11.6. The quantitative estimate of drug-likeness (QED) is 0.734. The second-order valence-corrected chi connectivity index (χ2v) is 6.45. The monoisotopic (exact) mass is 425 g/mol. The van der Waals surface area contributed by atoms with Crippen LogP contribution in [0.15, 0.2) is 36.4 Å². The molecule has 1 N–H and O–H groups in total.